The molecule has 1 aliphatic carbocycles. The van der Waals surface area contributed by atoms with Crippen LogP contribution in [0.15, 0.2) is 212 Å². The largest absolute Gasteiger partial charge is 0.449 e. The van der Waals surface area contributed by atoms with Crippen LogP contribution >= 0.6 is 0 Å². The van der Waals surface area contributed by atoms with Gasteiger partial charge in [0.1, 0.15) is 0 Å². The van der Waals surface area contributed by atoms with Crippen LogP contribution in [-0.2, 0) is 5.41 Å². The summed E-state index contributed by atoms with van der Waals surface area (Å²) in [6.07, 6.45) is 0. The molecular weight excluding hydrogens is 771 g/mol. The van der Waals surface area contributed by atoms with E-state index in [9.17, 15) is 0 Å². The smallest absolute Gasteiger partial charge is 0.181 e. The van der Waals surface area contributed by atoms with Crippen molar-refractivity contribution in [1.82, 2.24) is 15.0 Å². The number of benzene rings is 10. The van der Waals surface area contributed by atoms with Crippen molar-refractivity contribution in [3.63, 3.8) is 0 Å². The van der Waals surface area contributed by atoms with Crippen LogP contribution in [0, 0.1) is 0 Å². The Morgan fingerprint density at radius 2 is 0.825 bits per heavy atom. The molecule has 1 aliphatic heterocycles. The van der Waals surface area contributed by atoms with Gasteiger partial charge in [-0.3, -0.25) is 0 Å². The maximum Gasteiger partial charge on any atom is 0.181 e. The number of fused-ring (bicyclic) bond motifs is 12. The molecule has 11 aromatic rings. The molecule has 0 N–H and O–H groups in total. The monoisotopic (exact) mass is 805 g/mol. The van der Waals surface area contributed by atoms with Crippen LogP contribution in [0.2, 0.25) is 0 Å². The van der Waals surface area contributed by atoms with Gasteiger partial charge in [0.15, 0.2) is 40.5 Å². The third-order valence-electron chi connectivity index (χ3n) is 12.9. The summed E-state index contributed by atoms with van der Waals surface area (Å²) in [5.74, 6) is 4.10. The molecule has 63 heavy (non-hydrogen) atoms. The van der Waals surface area contributed by atoms with Crippen LogP contribution in [0.3, 0.4) is 0 Å². The summed E-state index contributed by atoms with van der Waals surface area (Å²) in [6, 6.07) is 74.3. The summed E-state index contributed by atoms with van der Waals surface area (Å²) in [5, 5.41) is 7.19. The molecule has 0 unspecified atom stereocenters. The van der Waals surface area contributed by atoms with E-state index in [-0.39, 0.29) is 0 Å². The number of ether oxygens (including phenoxy) is 2. The first-order chi connectivity index (χ1) is 31.2. The molecule has 0 saturated heterocycles. The Balaban J connectivity index is 0.980. The molecule has 2 aliphatic rings. The van der Waals surface area contributed by atoms with E-state index in [1.165, 1.54) is 43.6 Å². The molecule has 0 radical (unpaired) electrons. The van der Waals surface area contributed by atoms with Crippen molar-refractivity contribution in [3.8, 4) is 68.3 Å². The molecule has 0 bridgehead atoms. The number of hydrogen-bond acceptors (Lipinski definition) is 5. The minimum Gasteiger partial charge on any atom is -0.449 e. The van der Waals surface area contributed by atoms with Crippen LogP contribution in [0.5, 0.6) is 23.0 Å². The van der Waals surface area contributed by atoms with Gasteiger partial charge in [-0.1, -0.05) is 188 Å². The Kier molecular flexibility index (Phi) is 7.75. The van der Waals surface area contributed by atoms with Gasteiger partial charge in [-0.25, -0.2) is 15.0 Å². The molecule has 1 aromatic heterocycles. The summed E-state index contributed by atoms with van der Waals surface area (Å²) < 4.78 is 14.1. The molecule has 5 nitrogen and oxygen atoms in total. The Bertz CT molecular complexity index is 3550. The molecule has 2 heterocycles. The molecule has 5 heteroatoms. The summed E-state index contributed by atoms with van der Waals surface area (Å²) in [5.41, 5.74) is 8.80. The van der Waals surface area contributed by atoms with Gasteiger partial charge in [-0.15, -0.1) is 0 Å². The first-order valence-electron chi connectivity index (χ1n) is 21.3. The predicted octanol–water partition coefficient (Wildman–Crippen LogP) is 14.6. The lowest BCUT2D eigenvalue weighted by atomic mass is 9.68. The van der Waals surface area contributed by atoms with Gasteiger partial charge >= 0.3 is 0 Å². The molecule has 294 valence electrons. The van der Waals surface area contributed by atoms with Crippen molar-refractivity contribution in [1.29, 1.82) is 0 Å². The minimum atomic E-state index is -0.563. The van der Waals surface area contributed by atoms with Gasteiger partial charge < -0.3 is 9.47 Å². The van der Waals surface area contributed by atoms with E-state index in [0.717, 1.165) is 33.2 Å². The highest BCUT2D eigenvalue weighted by Crippen LogP contribution is 2.62. The van der Waals surface area contributed by atoms with E-state index in [1.807, 2.05) is 48.5 Å². The number of rotatable bonds is 5. The maximum absolute atomic E-state index is 7.06. The van der Waals surface area contributed by atoms with Crippen molar-refractivity contribution >= 4 is 32.3 Å². The lowest BCUT2D eigenvalue weighted by molar-refractivity contribution is 0.361. The quantitative estimate of drug-likeness (QED) is 0.162. The van der Waals surface area contributed by atoms with E-state index in [2.05, 4.69) is 164 Å². The van der Waals surface area contributed by atoms with Gasteiger partial charge in [0.2, 0.25) is 0 Å². The molecule has 13 rings (SSSR count). The Morgan fingerprint density at radius 1 is 0.317 bits per heavy atom. The zero-order valence-electron chi connectivity index (χ0n) is 33.9. The Hall–Kier alpha value is -8.41. The zero-order chi connectivity index (χ0) is 41.5. The van der Waals surface area contributed by atoms with Crippen molar-refractivity contribution < 1.29 is 9.47 Å². The van der Waals surface area contributed by atoms with Crippen LogP contribution in [0.1, 0.15) is 22.3 Å². The van der Waals surface area contributed by atoms with Gasteiger partial charge in [-0.05, 0) is 84.4 Å². The summed E-state index contributed by atoms with van der Waals surface area (Å²) in [4.78, 5) is 15.5. The highest BCUT2D eigenvalue weighted by Gasteiger charge is 2.48. The van der Waals surface area contributed by atoms with E-state index >= 15 is 0 Å². The van der Waals surface area contributed by atoms with Crippen molar-refractivity contribution in [2.24, 2.45) is 0 Å². The van der Waals surface area contributed by atoms with Crippen molar-refractivity contribution in [2.45, 2.75) is 5.41 Å². The van der Waals surface area contributed by atoms with Gasteiger partial charge in [-0.2, -0.15) is 0 Å². The van der Waals surface area contributed by atoms with E-state index in [4.69, 9.17) is 24.4 Å². The van der Waals surface area contributed by atoms with Crippen LogP contribution in [0.4, 0.5) is 0 Å². The van der Waals surface area contributed by atoms with Gasteiger partial charge in [0.05, 0.1) is 11.0 Å². The molecule has 0 spiro atoms. The third kappa shape index (κ3) is 5.27. The average Bonchev–Trinajstić information content (AvgIpc) is 3.67. The Morgan fingerprint density at radius 3 is 1.51 bits per heavy atom. The lowest BCUT2D eigenvalue weighted by Gasteiger charge is -2.34. The van der Waals surface area contributed by atoms with E-state index < -0.39 is 5.41 Å². The van der Waals surface area contributed by atoms with E-state index in [1.54, 1.807) is 0 Å². The van der Waals surface area contributed by atoms with Crippen LogP contribution in [-0.4, -0.2) is 15.0 Å². The number of nitrogens with zero attached hydrogens (tertiary/aromatic N) is 3. The highest BCUT2D eigenvalue weighted by molar-refractivity contribution is 6.25. The topological polar surface area (TPSA) is 57.1 Å². The van der Waals surface area contributed by atoms with Gasteiger partial charge in [0, 0.05) is 16.7 Å². The predicted molar refractivity (Wildman–Crippen MR) is 253 cm³/mol. The molecule has 10 aromatic carbocycles. The number of aromatic nitrogens is 3. The molecule has 0 amide bonds. The fraction of sp³-hybridized carbons (Fsp3) is 0.0172. The molecule has 0 saturated carbocycles. The molecule has 0 fully saturated rings. The minimum absolute atomic E-state index is 0.491. The fourth-order valence-corrected chi connectivity index (χ4v) is 10.1. The first-order valence-corrected chi connectivity index (χ1v) is 21.3. The summed E-state index contributed by atoms with van der Waals surface area (Å²) >= 11 is 0. The number of para-hydroxylation sites is 1. The van der Waals surface area contributed by atoms with Crippen molar-refractivity contribution in [2.75, 3.05) is 0 Å². The summed E-state index contributed by atoms with van der Waals surface area (Å²) in [6.45, 7) is 0. The van der Waals surface area contributed by atoms with E-state index in [0.29, 0.717) is 46.0 Å². The summed E-state index contributed by atoms with van der Waals surface area (Å²) in [7, 11) is 0. The first kappa shape index (κ1) is 35.4. The highest BCUT2D eigenvalue weighted by atomic mass is 16.6. The molecule has 0 atom stereocenters. The average molecular weight is 806 g/mol. The SMILES string of the molecule is c1ccc(-c2nc(-c3ccc4c5ccccc5c5ccccc5c4c3)nc(-c3cccc4c3Oc3ccc5c(c3O4)-c3ccccc3C5(c3ccccc3)c3ccccc3)n2)cc1. The standard InChI is InChI=1S/C58H35N3O2/c1-4-17-36(18-5-1)55-59-56(37-31-32-44-42-25-11-10-23-40(42)41-24-12-13-26-43(41)47(44)35-37)61-57(60-55)46-28-16-30-50-53(46)62-51-34-33-49-52(54(51)63-50)45-27-14-15-29-48(45)58(49,38-19-6-2-7-20-38)39-21-8-3-9-22-39/h1-35H. The zero-order valence-corrected chi connectivity index (χ0v) is 33.9. The van der Waals surface area contributed by atoms with Crippen LogP contribution < -0.4 is 9.47 Å². The Labute approximate surface area is 363 Å². The molecular formula is C58H35N3O2. The maximum atomic E-state index is 7.06. The second kappa shape index (κ2) is 13.8. The van der Waals surface area contributed by atoms with Gasteiger partial charge in [0.25, 0.3) is 0 Å². The normalized spacial score (nSPS) is 13.1. The fourth-order valence-electron chi connectivity index (χ4n) is 10.1. The second-order valence-electron chi connectivity index (χ2n) is 16.2. The third-order valence-corrected chi connectivity index (χ3v) is 12.9. The lowest BCUT2D eigenvalue weighted by Crippen LogP contribution is -2.28. The number of hydrogen-bond donors (Lipinski definition) is 0. The second-order valence-corrected chi connectivity index (χ2v) is 16.2. The van der Waals surface area contributed by atoms with Crippen LogP contribution in [0.25, 0.3) is 77.6 Å². The van der Waals surface area contributed by atoms with Crippen molar-refractivity contribution in [3.05, 3.63) is 235 Å².